The number of rotatable bonds is 21. The third-order valence-electron chi connectivity index (χ3n) is 6.87. The zero-order valence-corrected chi connectivity index (χ0v) is 21.6. The van der Waals surface area contributed by atoms with Crippen LogP contribution in [0.2, 0.25) is 0 Å². The van der Waals surface area contributed by atoms with E-state index >= 15 is 0 Å². The van der Waals surface area contributed by atoms with Gasteiger partial charge in [0.25, 0.3) is 0 Å². The zero-order chi connectivity index (χ0) is 23.3. The van der Waals surface area contributed by atoms with Crippen LogP contribution in [0.3, 0.4) is 0 Å². The maximum absolute atomic E-state index is 12.2. The molecule has 32 heavy (non-hydrogen) atoms. The van der Waals surface area contributed by atoms with E-state index in [0.717, 1.165) is 18.5 Å². The summed E-state index contributed by atoms with van der Waals surface area (Å²) in [6.07, 6.45) is 17.7. The van der Waals surface area contributed by atoms with E-state index in [9.17, 15) is 4.79 Å². The fourth-order valence-corrected chi connectivity index (χ4v) is 4.66. The normalized spacial score (nSPS) is 11.6. The maximum Gasteiger partial charge on any atom is 0.310 e. The van der Waals surface area contributed by atoms with Crippen LogP contribution in [0.25, 0.3) is 0 Å². The molecular formula is C29H52NO2+. The van der Waals surface area contributed by atoms with Gasteiger partial charge in [-0.05, 0) is 38.2 Å². The first-order valence-electron chi connectivity index (χ1n) is 13.7. The summed E-state index contributed by atoms with van der Waals surface area (Å²) in [5.74, 6) is -0.0994. The van der Waals surface area contributed by atoms with Gasteiger partial charge in [-0.3, -0.25) is 4.79 Å². The summed E-state index contributed by atoms with van der Waals surface area (Å²) in [7, 11) is 0. The molecule has 0 saturated heterocycles. The van der Waals surface area contributed by atoms with Crippen LogP contribution in [-0.4, -0.2) is 43.2 Å². The van der Waals surface area contributed by atoms with Crippen LogP contribution in [0.1, 0.15) is 110 Å². The van der Waals surface area contributed by atoms with Crippen LogP contribution in [0.4, 0.5) is 0 Å². The smallest absolute Gasteiger partial charge is 0.310 e. The summed E-state index contributed by atoms with van der Waals surface area (Å²) < 4.78 is 6.78. The molecular weight excluding hydrogens is 394 g/mol. The molecule has 0 spiro atoms. The second kappa shape index (κ2) is 19.1. The molecule has 0 heterocycles. The van der Waals surface area contributed by atoms with E-state index < -0.39 is 0 Å². The van der Waals surface area contributed by atoms with E-state index in [2.05, 4.69) is 20.8 Å². The van der Waals surface area contributed by atoms with Crippen LogP contribution >= 0.6 is 0 Å². The molecule has 3 nitrogen and oxygen atoms in total. The second-order valence-electron chi connectivity index (χ2n) is 9.60. The molecule has 0 aliphatic carbocycles. The van der Waals surface area contributed by atoms with Gasteiger partial charge >= 0.3 is 5.97 Å². The first-order chi connectivity index (χ1) is 15.7. The molecule has 0 unspecified atom stereocenters. The lowest BCUT2D eigenvalue weighted by molar-refractivity contribution is -0.927. The molecule has 0 atom stereocenters. The lowest BCUT2D eigenvalue weighted by atomic mass is 10.1. The van der Waals surface area contributed by atoms with E-state index in [0.29, 0.717) is 13.0 Å². The number of esters is 1. The topological polar surface area (TPSA) is 26.3 Å². The number of hydrogen-bond acceptors (Lipinski definition) is 2. The van der Waals surface area contributed by atoms with Gasteiger partial charge in [0.2, 0.25) is 0 Å². The van der Waals surface area contributed by atoms with E-state index in [1.54, 1.807) is 0 Å². The number of carbonyl (C=O) groups is 1. The molecule has 1 rings (SSSR count). The molecule has 0 fully saturated rings. The Morgan fingerprint density at radius 1 is 0.688 bits per heavy atom. The molecule has 1 aromatic rings. The summed E-state index contributed by atoms with van der Waals surface area (Å²) in [5, 5.41) is 0. The van der Waals surface area contributed by atoms with Crippen LogP contribution in [0.15, 0.2) is 30.3 Å². The van der Waals surface area contributed by atoms with E-state index in [-0.39, 0.29) is 5.97 Å². The molecule has 0 radical (unpaired) electrons. The van der Waals surface area contributed by atoms with Crippen LogP contribution < -0.4 is 0 Å². The quantitative estimate of drug-likeness (QED) is 0.110. The van der Waals surface area contributed by atoms with Crippen molar-refractivity contribution in [3.05, 3.63) is 35.9 Å². The Balaban J connectivity index is 2.41. The van der Waals surface area contributed by atoms with Gasteiger partial charge in [0.15, 0.2) is 0 Å². The summed E-state index contributed by atoms with van der Waals surface area (Å²) >= 11 is 0. The van der Waals surface area contributed by atoms with Crippen molar-refractivity contribution >= 4 is 5.97 Å². The van der Waals surface area contributed by atoms with Crippen molar-refractivity contribution in [2.45, 2.75) is 111 Å². The molecule has 0 saturated carbocycles. The molecule has 1 aromatic carbocycles. The predicted molar refractivity (Wildman–Crippen MR) is 138 cm³/mol. The van der Waals surface area contributed by atoms with Crippen molar-refractivity contribution in [3.8, 4) is 0 Å². The maximum atomic E-state index is 12.2. The molecule has 0 aromatic heterocycles. The van der Waals surface area contributed by atoms with Crippen molar-refractivity contribution in [1.82, 2.24) is 0 Å². The summed E-state index contributed by atoms with van der Waals surface area (Å²) in [6, 6.07) is 9.90. The number of hydrogen-bond donors (Lipinski definition) is 0. The Kier molecular flexibility index (Phi) is 17.2. The fraction of sp³-hybridized carbons (Fsp3) is 0.759. The highest BCUT2D eigenvalue weighted by Crippen LogP contribution is 2.17. The molecule has 0 N–H and O–H groups in total. The summed E-state index contributed by atoms with van der Waals surface area (Å²) in [4.78, 5) is 12.2. The van der Waals surface area contributed by atoms with Gasteiger partial charge in [0.1, 0.15) is 0 Å². The van der Waals surface area contributed by atoms with Gasteiger partial charge in [0.05, 0.1) is 39.2 Å². The van der Waals surface area contributed by atoms with Crippen LogP contribution in [-0.2, 0) is 16.0 Å². The minimum atomic E-state index is -0.0994. The number of ether oxygens (including phenoxy) is 1. The second-order valence-corrected chi connectivity index (χ2v) is 9.60. The zero-order valence-electron chi connectivity index (χ0n) is 21.6. The third kappa shape index (κ3) is 13.9. The van der Waals surface area contributed by atoms with Gasteiger partial charge in [-0.1, -0.05) is 95.5 Å². The average molecular weight is 447 g/mol. The van der Waals surface area contributed by atoms with Crippen molar-refractivity contribution in [2.75, 3.05) is 32.8 Å². The fourth-order valence-electron chi connectivity index (χ4n) is 4.66. The standard InChI is InChI=1S/C29H52NO2/c1-4-7-9-11-13-18-23-30(6-3,24-19-14-12-10-8-5-2)25-20-26-32-29(31)27-28-21-16-15-17-22-28/h15-17,21-22H,4-14,18-20,23-27H2,1-3H3/q+1. The highest BCUT2D eigenvalue weighted by Gasteiger charge is 2.24. The van der Waals surface area contributed by atoms with E-state index in [1.807, 2.05) is 30.3 Å². The minimum Gasteiger partial charge on any atom is -0.465 e. The Morgan fingerprint density at radius 2 is 1.19 bits per heavy atom. The lowest BCUT2D eigenvalue weighted by Gasteiger charge is -2.38. The van der Waals surface area contributed by atoms with Crippen LogP contribution in [0, 0.1) is 0 Å². The van der Waals surface area contributed by atoms with E-state index in [1.165, 1.54) is 101 Å². The summed E-state index contributed by atoms with van der Waals surface area (Å²) in [5.41, 5.74) is 1.03. The number of unbranched alkanes of at least 4 members (excludes halogenated alkanes) is 10. The Bertz CT molecular complexity index is 542. The monoisotopic (exact) mass is 446 g/mol. The van der Waals surface area contributed by atoms with Crippen molar-refractivity contribution in [1.29, 1.82) is 0 Å². The van der Waals surface area contributed by atoms with E-state index in [4.69, 9.17) is 4.74 Å². The SMILES string of the molecule is CCCCCCCC[N+](CC)(CCCCCCCC)CCCOC(=O)Cc1ccccc1. The largest absolute Gasteiger partial charge is 0.465 e. The molecule has 3 heteroatoms. The Morgan fingerprint density at radius 3 is 1.72 bits per heavy atom. The van der Waals surface area contributed by atoms with Gasteiger partial charge in [-0.25, -0.2) is 0 Å². The molecule has 0 bridgehead atoms. The van der Waals surface area contributed by atoms with Gasteiger partial charge in [-0.15, -0.1) is 0 Å². The molecule has 0 aliphatic heterocycles. The number of nitrogens with zero attached hydrogens (tertiary/aromatic N) is 1. The minimum absolute atomic E-state index is 0.0994. The molecule has 0 aliphatic rings. The summed E-state index contributed by atoms with van der Waals surface area (Å²) in [6.45, 7) is 12.4. The molecule has 184 valence electrons. The third-order valence-corrected chi connectivity index (χ3v) is 6.87. The highest BCUT2D eigenvalue weighted by molar-refractivity contribution is 5.72. The van der Waals surface area contributed by atoms with Crippen molar-refractivity contribution in [2.24, 2.45) is 0 Å². The van der Waals surface area contributed by atoms with Crippen LogP contribution in [0.5, 0.6) is 0 Å². The van der Waals surface area contributed by atoms with Crippen molar-refractivity contribution in [3.63, 3.8) is 0 Å². The first kappa shape index (κ1) is 28.7. The van der Waals surface area contributed by atoms with Crippen molar-refractivity contribution < 1.29 is 14.0 Å². The Hall–Kier alpha value is -1.35. The first-order valence-corrected chi connectivity index (χ1v) is 13.7. The Labute approximate surface area is 199 Å². The van der Waals surface area contributed by atoms with Gasteiger partial charge in [0, 0.05) is 6.42 Å². The predicted octanol–water partition coefficient (Wildman–Crippen LogP) is 7.72. The lowest BCUT2D eigenvalue weighted by Crippen LogP contribution is -2.50. The van der Waals surface area contributed by atoms with Gasteiger partial charge in [-0.2, -0.15) is 0 Å². The number of benzene rings is 1. The van der Waals surface area contributed by atoms with Gasteiger partial charge < -0.3 is 9.22 Å². The highest BCUT2D eigenvalue weighted by atomic mass is 16.5. The number of carbonyl (C=O) groups excluding carboxylic acids is 1. The molecule has 0 amide bonds. The number of quaternary nitrogens is 1. The average Bonchev–Trinajstić information content (AvgIpc) is 2.81.